The summed E-state index contributed by atoms with van der Waals surface area (Å²) >= 11 is 1.12. The van der Waals surface area contributed by atoms with E-state index in [-0.39, 0.29) is 84.4 Å². The Bertz CT molecular complexity index is 2690. The van der Waals surface area contributed by atoms with Gasteiger partial charge in [0, 0.05) is 44.2 Å². The van der Waals surface area contributed by atoms with E-state index in [1.54, 1.807) is 49.0 Å². The van der Waals surface area contributed by atoms with Crippen molar-refractivity contribution in [3.63, 3.8) is 0 Å². The van der Waals surface area contributed by atoms with E-state index in [2.05, 4.69) is 31.6 Å². The molecule has 0 spiro atoms. The van der Waals surface area contributed by atoms with E-state index in [4.69, 9.17) is 9.72 Å². The number of methoxy groups -OCH3 is 1. The van der Waals surface area contributed by atoms with Crippen molar-refractivity contribution in [1.82, 2.24) is 35.7 Å². The second kappa shape index (κ2) is 26.9. The first-order chi connectivity index (χ1) is 36.5. The lowest BCUT2D eigenvalue weighted by Crippen LogP contribution is -2.57. The van der Waals surface area contributed by atoms with Crippen LogP contribution in [0.5, 0.6) is 5.75 Å². The van der Waals surface area contributed by atoms with Crippen LogP contribution in [0.15, 0.2) is 72.9 Å². The maximum atomic E-state index is 14.3. The number of likely N-dealkylation sites (N-methyl/N-ethyl adjacent to an activating group) is 2. The van der Waals surface area contributed by atoms with E-state index in [1.165, 1.54) is 13.3 Å². The molecule has 0 radical (unpaired) electrons. The second-order valence-electron chi connectivity index (χ2n) is 20.1. The monoisotopic (exact) mass is 1070 g/mol. The van der Waals surface area contributed by atoms with Gasteiger partial charge < -0.3 is 41.1 Å². The van der Waals surface area contributed by atoms with E-state index in [0.29, 0.717) is 67.2 Å². The lowest BCUT2D eigenvalue weighted by molar-refractivity contribution is -0.183. The number of aromatic nitrogens is 2. The number of allylic oxidation sites excluding steroid dienone is 1. The van der Waals surface area contributed by atoms with Gasteiger partial charge in [-0.05, 0) is 101 Å². The average Bonchev–Trinajstić information content (AvgIpc) is 4.09. The van der Waals surface area contributed by atoms with Crippen LogP contribution < -0.4 is 31.3 Å². The Hall–Kier alpha value is -6.67. The normalized spacial score (nSPS) is 18.9. The largest absolute Gasteiger partial charge is 0.495 e. The number of alkyl halides is 3. The Morgan fingerprint density at radius 3 is 2.36 bits per heavy atom. The van der Waals surface area contributed by atoms with Crippen molar-refractivity contribution in [2.24, 2.45) is 17.8 Å². The summed E-state index contributed by atoms with van der Waals surface area (Å²) in [6.07, 6.45) is 8.26. The van der Waals surface area contributed by atoms with Gasteiger partial charge in [-0.2, -0.15) is 13.2 Å². The van der Waals surface area contributed by atoms with Crippen LogP contribution in [0.25, 0.3) is 17.3 Å². The van der Waals surface area contributed by atoms with E-state index in [0.717, 1.165) is 60.1 Å². The van der Waals surface area contributed by atoms with E-state index in [1.807, 2.05) is 54.6 Å². The predicted octanol–water partition coefficient (Wildman–Crippen LogP) is 8.55. The fourth-order valence-electron chi connectivity index (χ4n) is 10.2. The third-order valence-corrected chi connectivity index (χ3v) is 15.6. The number of pyridine rings is 1. The van der Waals surface area contributed by atoms with Gasteiger partial charge in [0.2, 0.25) is 29.5 Å². The number of likely N-dealkylation sites (tertiary alicyclic amines) is 1. The van der Waals surface area contributed by atoms with Crippen LogP contribution in [0, 0.1) is 17.8 Å². The molecule has 16 nitrogen and oxygen atoms in total. The van der Waals surface area contributed by atoms with Gasteiger partial charge in [0.05, 0.1) is 31.7 Å². The molecule has 3 aliphatic rings. The summed E-state index contributed by atoms with van der Waals surface area (Å²) in [5.74, 6) is -2.66. The van der Waals surface area contributed by atoms with Gasteiger partial charge in [-0.25, -0.2) is 9.97 Å². The summed E-state index contributed by atoms with van der Waals surface area (Å²) in [6.45, 7) is 2.60. The number of thiazole rings is 1. The zero-order valence-electron chi connectivity index (χ0n) is 43.7. The van der Waals surface area contributed by atoms with Gasteiger partial charge in [-0.1, -0.05) is 97.3 Å². The first kappa shape index (κ1) is 57.0. The molecule has 6 amide bonds. The maximum Gasteiger partial charge on any atom is 0.391 e. The number of nitrogens with zero attached hydrogens (tertiary/aromatic N) is 4. The number of hydrogen-bond donors (Lipinski definition) is 5. The number of nitrogens with one attached hydrogen (secondary N) is 5. The third-order valence-electron chi connectivity index (χ3n) is 14.8. The van der Waals surface area contributed by atoms with E-state index >= 15 is 0 Å². The third kappa shape index (κ3) is 15.5. The highest BCUT2D eigenvalue weighted by molar-refractivity contribution is 7.20. The summed E-state index contributed by atoms with van der Waals surface area (Å²) in [5.41, 5.74) is 3.42. The van der Waals surface area contributed by atoms with Crippen molar-refractivity contribution in [3.05, 3.63) is 95.3 Å². The number of ether oxygens (including phenoxy) is 1. The Kier molecular flexibility index (Phi) is 20.2. The molecule has 408 valence electrons. The number of halogens is 3. The fraction of sp³-hybridized carbons (Fsp3) is 0.500. The second-order valence-corrected chi connectivity index (χ2v) is 21.1. The zero-order valence-corrected chi connectivity index (χ0v) is 44.5. The Morgan fingerprint density at radius 2 is 1.64 bits per heavy atom. The molecule has 76 heavy (non-hydrogen) atoms. The topological polar surface area (TPSA) is 204 Å². The van der Waals surface area contributed by atoms with E-state index in [9.17, 15) is 41.9 Å². The minimum absolute atomic E-state index is 0.0125. The molecule has 3 atom stereocenters. The molecule has 2 saturated carbocycles. The van der Waals surface area contributed by atoms with Crippen molar-refractivity contribution in [3.8, 4) is 17.0 Å². The minimum atomic E-state index is -4.18. The lowest BCUT2D eigenvalue weighted by Gasteiger charge is -2.35. The summed E-state index contributed by atoms with van der Waals surface area (Å²) in [7, 11) is 4.84. The molecule has 20 heteroatoms. The zero-order chi connectivity index (χ0) is 54.4. The molecule has 4 aromatic rings. The number of carbonyl (C=O) groups excluding carboxylic acids is 6. The first-order valence-corrected chi connectivity index (χ1v) is 27.2. The van der Waals surface area contributed by atoms with Crippen LogP contribution in [-0.4, -0.2) is 114 Å². The fourth-order valence-corrected chi connectivity index (χ4v) is 11.1. The molecule has 2 aromatic carbocycles. The summed E-state index contributed by atoms with van der Waals surface area (Å²) in [5, 5.41) is 15.4. The molecule has 1 unspecified atom stereocenters. The van der Waals surface area contributed by atoms with Crippen molar-refractivity contribution in [1.29, 1.82) is 0 Å². The molecular weight excluding hydrogens is 1000 g/mol. The number of hydrogen-bond acceptors (Lipinski definition) is 11. The van der Waals surface area contributed by atoms with Gasteiger partial charge in [-0.15, -0.1) is 0 Å². The smallest absolute Gasteiger partial charge is 0.391 e. The van der Waals surface area contributed by atoms with Crippen LogP contribution >= 0.6 is 11.3 Å². The molecule has 7 rings (SSSR count). The summed E-state index contributed by atoms with van der Waals surface area (Å²) < 4.78 is 44.9. The Morgan fingerprint density at radius 1 is 0.908 bits per heavy atom. The van der Waals surface area contributed by atoms with Crippen molar-refractivity contribution in [2.45, 2.75) is 128 Å². The standard InChI is InChI=1S/C56H70F3N9O7S/c1-35(60-2)50(71)64-49(40-18-9-6-10-19-40)54(74)68-29-12-20-44(68)52(73)66-53-48(39-16-7-5-8-17-39)65-55(76-53)63-46(69)21-13-28-67(3)47(70)31-37-14-11-15-38(30-37)33-62-51(72)43-32-41(45(75-4)34-61-43)25-22-36-23-26-42(27-24-36)56(57,58)59/h5,7-8,11,14-17,22,25,30,32,34-36,40,42,44,49,60H,6,9-10,12-13,18-21,23-24,26-29,31,33H2,1-4H3,(H,62,72)(H,64,71)(H,66,73)(H,63,65,69)/b25-22+/t35?,36?,42?,44-,49-/m0/s1. The number of amides is 6. The van der Waals surface area contributed by atoms with Crippen LogP contribution in [0.3, 0.4) is 0 Å². The molecule has 2 aliphatic carbocycles. The van der Waals surface area contributed by atoms with E-state index < -0.39 is 36.1 Å². The molecule has 2 aromatic heterocycles. The SMILES string of the molecule is CNC(C)C(=O)N[C@H](C(=O)N1CCC[C@H]1C(=O)Nc1sc(NC(=O)CCCN(C)C(=O)Cc2cccc(CNC(=O)c3cc(/C=C/C4CCC(C(F)(F)F)CC4)c(OC)cn3)c2)nc1-c1ccccc1)C1CCCCC1. The Balaban J connectivity index is 0.893. The van der Waals surface area contributed by atoms with Gasteiger partial charge in [-0.3, -0.25) is 28.8 Å². The van der Waals surface area contributed by atoms with Crippen molar-refractivity contribution in [2.75, 3.05) is 44.9 Å². The molecule has 3 heterocycles. The van der Waals surface area contributed by atoms with Crippen LogP contribution in [0.2, 0.25) is 0 Å². The molecular formula is C56H70F3N9O7S. The molecule has 3 fully saturated rings. The van der Waals surface area contributed by atoms with Crippen LogP contribution in [-0.2, 0) is 36.9 Å². The molecule has 0 bridgehead atoms. The average molecular weight is 1070 g/mol. The van der Waals surface area contributed by atoms with Gasteiger partial charge >= 0.3 is 6.18 Å². The Labute approximate surface area is 446 Å². The summed E-state index contributed by atoms with van der Waals surface area (Å²) in [6, 6.07) is 16.2. The maximum absolute atomic E-state index is 14.3. The van der Waals surface area contributed by atoms with Gasteiger partial charge in [0.1, 0.15) is 34.2 Å². The molecule has 5 N–H and O–H groups in total. The van der Waals surface area contributed by atoms with Gasteiger partial charge in [0.15, 0.2) is 5.13 Å². The first-order valence-electron chi connectivity index (χ1n) is 26.3. The minimum Gasteiger partial charge on any atom is -0.495 e. The number of anilines is 2. The quantitative estimate of drug-likeness (QED) is 0.0538. The number of benzene rings is 2. The highest BCUT2D eigenvalue weighted by Gasteiger charge is 2.42. The van der Waals surface area contributed by atoms with Crippen LogP contribution in [0.4, 0.5) is 23.3 Å². The highest BCUT2D eigenvalue weighted by Crippen LogP contribution is 2.41. The van der Waals surface area contributed by atoms with Gasteiger partial charge in [0.25, 0.3) is 5.91 Å². The molecule has 1 aliphatic heterocycles. The highest BCUT2D eigenvalue weighted by atomic mass is 32.1. The van der Waals surface area contributed by atoms with Crippen LogP contribution in [0.1, 0.15) is 118 Å². The number of rotatable bonds is 21. The number of carbonyl (C=O) groups is 6. The van der Waals surface area contributed by atoms with Crippen molar-refractivity contribution < 1.29 is 46.7 Å². The summed E-state index contributed by atoms with van der Waals surface area (Å²) in [4.78, 5) is 93.5. The molecule has 1 saturated heterocycles. The van der Waals surface area contributed by atoms with Crippen molar-refractivity contribution >= 4 is 63.0 Å². The lowest BCUT2D eigenvalue weighted by atomic mass is 9.81. The predicted molar refractivity (Wildman–Crippen MR) is 286 cm³/mol.